The fraction of sp³-hybridized carbons (Fsp3) is 0.556. The zero-order chi connectivity index (χ0) is 13.3. The highest BCUT2D eigenvalue weighted by Gasteiger charge is 2.24. The summed E-state index contributed by atoms with van der Waals surface area (Å²) in [5.74, 6) is -1.18. The topological polar surface area (TPSA) is 123 Å². The predicted molar refractivity (Wildman–Crippen MR) is 55.6 cm³/mol. The molecule has 0 aromatic heterocycles. The number of urea groups is 1. The van der Waals surface area contributed by atoms with Crippen molar-refractivity contribution in [2.75, 3.05) is 13.2 Å². The summed E-state index contributed by atoms with van der Waals surface area (Å²) in [5.41, 5.74) is 0. The minimum Gasteiger partial charge on any atom is -0.480 e. The molecule has 1 atom stereocenters. The Labute approximate surface area is 97.5 Å². The van der Waals surface area contributed by atoms with Crippen LogP contribution in [-0.2, 0) is 9.59 Å². The SMILES string of the molecule is CC(C(=O)O)N(CCC#N)C(=O)NCN=C=O. The van der Waals surface area contributed by atoms with Crippen molar-refractivity contribution in [1.29, 1.82) is 5.26 Å². The molecular weight excluding hydrogens is 228 g/mol. The molecule has 0 aliphatic carbocycles. The Balaban J connectivity index is 4.55. The second-order valence-corrected chi connectivity index (χ2v) is 3.01. The van der Waals surface area contributed by atoms with Gasteiger partial charge < -0.3 is 15.3 Å². The Bertz CT molecular complexity index is 370. The quantitative estimate of drug-likeness (QED) is 0.486. The van der Waals surface area contributed by atoms with Gasteiger partial charge in [0.15, 0.2) is 0 Å². The van der Waals surface area contributed by atoms with Gasteiger partial charge in [0.25, 0.3) is 0 Å². The molecule has 2 N–H and O–H groups in total. The summed E-state index contributed by atoms with van der Waals surface area (Å²) in [6.07, 6.45) is 1.25. The van der Waals surface area contributed by atoms with Crippen LogP contribution in [0.2, 0.25) is 0 Å². The second kappa shape index (κ2) is 7.84. The molecule has 0 aromatic rings. The van der Waals surface area contributed by atoms with E-state index in [0.29, 0.717) is 0 Å². The minimum absolute atomic E-state index is 0.0133. The first kappa shape index (κ1) is 14.6. The number of aliphatic carboxylic acids is 1. The molecule has 8 nitrogen and oxygen atoms in total. The van der Waals surface area contributed by atoms with E-state index in [4.69, 9.17) is 10.4 Å². The van der Waals surface area contributed by atoms with Crippen LogP contribution in [0.15, 0.2) is 4.99 Å². The number of carboxylic acids is 1. The van der Waals surface area contributed by atoms with Crippen molar-refractivity contribution >= 4 is 18.1 Å². The number of carboxylic acid groups (broad SMARTS) is 1. The summed E-state index contributed by atoms with van der Waals surface area (Å²) in [4.78, 5) is 36.1. The Morgan fingerprint density at radius 1 is 1.59 bits per heavy atom. The maximum atomic E-state index is 11.5. The summed E-state index contributed by atoms with van der Waals surface area (Å²) in [6.45, 7) is 1.03. The van der Waals surface area contributed by atoms with Gasteiger partial charge in [-0.2, -0.15) is 10.3 Å². The zero-order valence-electron chi connectivity index (χ0n) is 9.21. The predicted octanol–water partition coefficient (Wildman–Crippen LogP) is -0.322. The number of isocyanates is 1. The molecule has 0 saturated carbocycles. The van der Waals surface area contributed by atoms with Crippen molar-refractivity contribution < 1.29 is 19.5 Å². The first-order valence-electron chi connectivity index (χ1n) is 4.72. The van der Waals surface area contributed by atoms with E-state index in [2.05, 4.69) is 10.3 Å². The fourth-order valence-corrected chi connectivity index (χ4v) is 1.02. The van der Waals surface area contributed by atoms with Gasteiger partial charge in [-0.25, -0.2) is 14.4 Å². The number of hydrogen-bond donors (Lipinski definition) is 2. The number of carbonyl (C=O) groups excluding carboxylic acids is 2. The Morgan fingerprint density at radius 2 is 2.24 bits per heavy atom. The van der Waals surface area contributed by atoms with Crippen molar-refractivity contribution in [3.63, 3.8) is 0 Å². The summed E-state index contributed by atoms with van der Waals surface area (Å²) in [7, 11) is 0. The lowest BCUT2D eigenvalue weighted by Crippen LogP contribution is -2.48. The smallest absolute Gasteiger partial charge is 0.326 e. The average Bonchev–Trinajstić information content (AvgIpc) is 2.29. The molecular formula is C9H12N4O4. The van der Waals surface area contributed by atoms with Crippen molar-refractivity contribution in [1.82, 2.24) is 10.2 Å². The number of carbonyl (C=O) groups is 2. The third-order valence-electron chi connectivity index (χ3n) is 1.92. The van der Waals surface area contributed by atoms with Crippen molar-refractivity contribution in [3.05, 3.63) is 0 Å². The summed E-state index contributed by atoms with van der Waals surface area (Å²) in [5, 5.41) is 19.4. The average molecular weight is 240 g/mol. The van der Waals surface area contributed by atoms with E-state index in [0.717, 1.165) is 4.90 Å². The standard InChI is InChI=1S/C9H12N4O4/c1-7(8(15)16)13(4-2-3-10)9(17)12-5-11-6-14/h7H,2,4-5H2,1H3,(H,12,17)(H,15,16). The molecule has 0 saturated heterocycles. The van der Waals surface area contributed by atoms with Crippen LogP contribution in [0.25, 0.3) is 0 Å². The van der Waals surface area contributed by atoms with E-state index in [-0.39, 0.29) is 19.6 Å². The van der Waals surface area contributed by atoms with Gasteiger partial charge in [0.2, 0.25) is 6.08 Å². The van der Waals surface area contributed by atoms with Gasteiger partial charge in [-0.05, 0) is 6.92 Å². The first-order valence-corrected chi connectivity index (χ1v) is 4.72. The molecule has 0 heterocycles. The molecule has 8 heteroatoms. The van der Waals surface area contributed by atoms with Gasteiger partial charge in [0, 0.05) is 6.54 Å². The maximum absolute atomic E-state index is 11.5. The lowest BCUT2D eigenvalue weighted by Gasteiger charge is -2.25. The van der Waals surface area contributed by atoms with E-state index in [9.17, 15) is 14.4 Å². The second-order valence-electron chi connectivity index (χ2n) is 3.01. The van der Waals surface area contributed by atoms with Crippen LogP contribution in [-0.4, -0.2) is 47.3 Å². The lowest BCUT2D eigenvalue weighted by atomic mass is 10.3. The van der Waals surface area contributed by atoms with Crippen LogP contribution < -0.4 is 5.32 Å². The van der Waals surface area contributed by atoms with Crippen molar-refractivity contribution in [3.8, 4) is 6.07 Å². The van der Waals surface area contributed by atoms with Crippen LogP contribution in [0.4, 0.5) is 4.79 Å². The van der Waals surface area contributed by atoms with Gasteiger partial charge in [-0.3, -0.25) is 0 Å². The summed E-state index contributed by atoms with van der Waals surface area (Å²) < 4.78 is 0. The van der Waals surface area contributed by atoms with Crippen molar-refractivity contribution in [2.45, 2.75) is 19.4 Å². The van der Waals surface area contributed by atoms with Crippen LogP contribution in [0.3, 0.4) is 0 Å². The molecule has 0 aliphatic heterocycles. The van der Waals surface area contributed by atoms with Crippen LogP contribution in [0.1, 0.15) is 13.3 Å². The first-order chi connectivity index (χ1) is 8.04. The van der Waals surface area contributed by atoms with Gasteiger partial charge >= 0.3 is 12.0 Å². The molecule has 0 aromatic carbocycles. The van der Waals surface area contributed by atoms with Gasteiger partial charge in [0.05, 0.1) is 12.5 Å². The van der Waals surface area contributed by atoms with E-state index < -0.39 is 18.0 Å². The third kappa shape index (κ3) is 5.30. The number of nitrogens with zero attached hydrogens (tertiary/aromatic N) is 3. The Kier molecular flexibility index (Phi) is 6.74. The summed E-state index contributed by atoms with van der Waals surface area (Å²) >= 11 is 0. The van der Waals surface area contributed by atoms with Gasteiger partial charge in [-0.1, -0.05) is 0 Å². The highest BCUT2D eigenvalue weighted by Crippen LogP contribution is 2.01. The number of rotatable bonds is 6. The number of amides is 2. The molecule has 0 radical (unpaired) electrons. The molecule has 0 fully saturated rings. The van der Waals surface area contributed by atoms with E-state index in [1.807, 2.05) is 6.07 Å². The largest absolute Gasteiger partial charge is 0.480 e. The normalized spacial score (nSPS) is 10.6. The third-order valence-corrected chi connectivity index (χ3v) is 1.92. The number of aliphatic imine (C=N–C) groups is 1. The monoisotopic (exact) mass is 240 g/mol. The molecule has 17 heavy (non-hydrogen) atoms. The number of hydrogen-bond acceptors (Lipinski definition) is 5. The maximum Gasteiger partial charge on any atom is 0.326 e. The van der Waals surface area contributed by atoms with E-state index in [1.165, 1.54) is 13.0 Å². The molecule has 92 valence electrons. The molecule has 0 aliphatic rings. The summed E-state index contributed by atoms with van der Waals surface area (Å²) in [6, 6.07) is 0.0477. The van der Waals surface area contributed by atoms with Gasteiger partial charge in [0.1, 0.15) is 12.7 Å². The zero-order valence-corrected chi connectivity index (χ0v) is 9.21. The highest BCUT2D eigenvalue weighted by atomic mass is 16.4. The molecule has 0 rings (SSSR count). The van der Waals surface area contributed by atoms with Crippen LogP contribution >= 0.6 is 0 Å². The number of nitriles is 1. The lowest BCUT2D eigenvalue weighted by molar-refractivity contribution is -0.141. The molecule has 0 bridgehead atoms. The molecule has 0 spiro atoms. The number of nitrogens with one attached hydrogen (secondary N) is 1. The molecule has 1 unspecified atom stereocenters. The van der Waals surface area contributed by atoms with E-state index in [1.54, 1.807) is 0 Å². The van der Waals surface area contributed by atoms with Gasteiger partial charge in [-0.15, -0.1) is 0 Å². The molecule has 2 amide bonds. The Morgan fingerprint density at radius 3 is 2.71 bits per heavy atom. The highest BCUT2D eigenvalue weighted by molar-refractivity contribution is 5.82. The van der Waals surface area contributed by atoms with Crippen LogP contribution in [0.5, 0.6) is 0 Å². The fourth-order valence-electron chi connectivity index (χ4n) is 1.02. The Hall–Kier alpha value is -2.39. The minimum atomic E-state index is -1.18. The van der Waals surface area contributed by atoms with E-state index >= 15 is 0 Å². The van der Waals surface area contributed by atoms with Crippen LogP contribution in [0, 0.1) is 11.3 Å². The van der Waals surface area contributed by atoms with Crippen molar-refractivity contribution in [2.24, 2.45) is 4.99 Å².